The summed E-state index contributed by atoms with van der Waals surface area (Å²) in [6, 6.07) is 12.6. The van der Waals surface area contributed by atoms with E-state index in [1.165, 1.54) is 5.06 Å². The highest BCUT2D eigenvalue weighted by Crippen LogP contribution is 2.29. The van der Waals surface area contributed by atoms with Crippen LogP contribution in [0.4, 0.5) is 11.4 Å². The summed E-state index contributed by atoms with van der Waals surface area (Å²) in [4.78, 5) is 36.8. The molecule has 2 heterocycles. The highest BCUT2D eigenvalue weighted by Gasteiger charge is 2.26. The lowest BCUT2D eigenvalue weighted by molar-refractivity contribution is -0.187. The molecule has 2 amide bonds. The largest absolute Gasteiger partial charge is 0.399 e. The second kappa shape index (κ2) is 10.9. The average molecular weight is 514 g/mol. The molecule has 0 fully saturated rings. The van der Waals surface area contributed by atoms with Crippen LogP contribution in [0.2, 0.25) is 0 Å². The van der Waals surface area contributed by atoms with E-state index >= 15 is 0 Å². The van der Waals surface area contributed by atoms with Gasteiger partial charge < -0.3 is 16.8 Å². The molecule has 0 saturated carbocycles. The minimum Gasteiger partial charge on any atom is -0.399 e. The number of carbonyl (C=O) groups excluding carboxylic acids is 2. The Hall–Kier alpha value is -4.44. The molecular formula is C28H31N7O3. The Morgan fingerprint density at radius 3 is 2.74 bits per heavy atom. The maximum atomic E-state index is 13.4. The van der Waals surface area contributed by atoms with E-state index in [-0.39, 0.29) is 36.7 Å². The highest BCUT2D eigenvalue weighted by atomic mass is 16.7. The number of nitrogen functional groups attached to an aromatic ring is 1. The number of nitrogens with one attached hydrogen (secondary N) is 2. The number of nitrogens with two attached hydrogens (primary N) is 2. The zero-order valence-electron chi connectivity index (χ0n) is 21.2. The first-order valence-electron chi connectivity index (χ1n) is 12.7. The summed E-state index contributed by atoms with van der Waals surface area (Å²) < 4.78 is 0. The van der Waals surface area contributed by atoms with Gasteiger partial charge in [-0.15, -0.1) is 0 Å². The van der Waals surface area contributed by atoms with Crippen LogP contribution in [0.1, 0.15) is 52.5 Å². The van der Waals surface area contributed by atoms with Crippen LogP contribution in [0, 0.1) is 0 Å². The first-order chi connectivity index (χ1) is 18.4. The lowest BCUT2D eigenvalue weighted by atomic mass is 10.0. The smallest absolute Gasteiger partial charge is 0.273 e. The Kier molecular flexibility index (Phi) is 7.23. The number of H-pyrrole nitrogens is 1. The number of aromatic amines is 1. The molecule has 1 aliphatic heterocycles. The fraction of sp³-hybridized carbons (Fsp3) is 0.286. The molecule has 1 atom stereocenters. The monoisotopic (exact) mass is 513 g/mol. The third-order valence-electron chi connectivity index (χ3n) is 6.61. The zero-order chi connectivity index (χ0) is 26.6. The molecule has 1 aromatic heterocycles. The molecule has 196 valence electrons. The van der Waals surface area contributed by atoms with E-state index in [4.69, 9.17) is 16.3 Å². The number of nitrogens with zero attached hydrogens (tertiary/aromatic N) is 3. The Labute approximate surface area is 220 Å². The van der Waals surface area contributed by atoms with Crippen molar-refractivity contribution in [2.75, 3.05) is 12.3 Å². The Bertz CT molecular complexity index is 1390. The molecule has 3 aromatic rings. The summed E-state index contributed by atoms with van der Waals surface area (Å²) in [7, 11) is 0. The van der Waals surface area contributed by atoms with Crippen molar-refractivity contribution in [3.05, 3.63) is 82.2 Å². The standard InChI is InChI=1S/C28H31N7O3/c1-2-9-35(38-16-17-3-7-22(29)8-4-17)28(37)20-10-18-5-6-19(12-24(18)33-26(30)13-20)27(36)32-23-11-21-15-31-34-25(21)14-23/h3-8,10,12,15,23H,2,9,11,13-14,16,29H2,1H3,(H2,30,33)(H,31,34)(H,32,36). The van der Waals surface area contributed by atoms with E-state index in [1.54, 1.807) is 42.6 Å². The molecular weight excluding hydrogens is 482 g/mol. The van der Waals surface area contributed by atoms with Gasteiger partial charge in [-0.3, -0.25) is 19.5 Å². The van der Waals surface area contributed by atoms with Crippen molar-refractivity contribution in [1.82, 2.24) is 20.6 Å². The molecule has 1 unspecified atom stereocenters. The number of amides is 2. The number of fused-ring (bicyclic) bond motifs is 2. The molecule has 10 heteroatoms. The fourth-order valence-corrected chi connectivity index (χ4v) is 4.67. The van der Waals surface area contributed by atoms with Crippen LogP contribution in [-0.2, 0) is 29.1 Å². The van der Waals surface area contributed by atoms with Gasteiger partial charge in [-0.25, -0.2) is 10.1 Å². The van der Waals surface area contributed by atoms with E-state index in [9.17, 15) is 9.59 Å². The van der Waals surface area contributed by atoms with E-state index < -0.39 is 0 Å². The second-order valence-electron chi connectivity index (χ2n) is 9.60. The number of anilines is 1. The molecule has 10 nitrogen and oxygen atoms in total. The number of amidine groups is 1. The molecule has 0 spiro atoms. The number of rotatable bonds is 8. The van der Waals surface area contributed by atoms with E-state index in [2.05, 4.69) is 20.5 Å². The predicted molar refractivity (Wildman–Crippen MR) is 145 cm³/mol. The van der Waals surface area contributed by atoms with Crippen molar-refractivity contribution in [3.63, 3.8) is 0 Å². The summed E-state index contributed by atoms with van der Waals surface area (Å²) in [5.74, 6) is -0.161. The number of hydroxylamine groups is 2. The predicted octanol–water partition coefficient (Wildman–Crippen LogP) is 3.04. The van der Waals surface area contributed by atoms with Gasteiger partial charge in [0.2, 0.25) is 0 Å². The number of aromatic nitrogens is 2. The summed E-state index contributed by atoms with van der Waals surface area (Å²) in [6.07, 6.45) is 5.94. The molecule has 0 saturated heterocycles. The van der Waals surface area contributed by atoms with Gasteiger partial charge >= 0.3 is 0 Å². The minimum atomic E-state index is -0.269. The summed E-state index contributed by atoms with van der Waals surface area (Å²) in [6.45, 7) is 2.64. The quantitative estimate of drug-likeness (QED) is 0.268. The fourth-order valence-electron chi connectivity index (χ4n) is 4.67. The van der Waals surface area contributed by atoms with Crippen molar-refractivity contribution in [2.45, 2.75) is 45.3 Å². The van der Waals surface area contributed by atoms with Crippen LogP contribution in [0.25, 0.3) is 6.08 Å². The summed E-state index contributed by atoms with van der Waals surface area (Å²) in [5, 5.41) is 11.5. The number of carbonyl (C=O) groups is 2. The van der Waals surface area contributed by atoms with Gasteiger partial charge in [-0.2, -0.15) is 5.10 Å². The SMILES string of the molecule is CCCN(OCc1ccc(N)cc1)C(=O)C1=Cc2ccc(C(=O)NC3Cc4cn[nH]c4C3)cc2N=C(N)C1. The molecule has 2 aliphatic rings. The summed E-state index contributed by atoms with van der Waals surface area (Å²) in [5.41, 5.74) is 17.9. The molecule has 38 heavy (non-hydrogen) atoms. The number of hydrogen-bond donors (Lipinski definition) is 4. The molecule has 0 bridgehead atoms. The lowest BCUT2D eigenvalue weighted by Gasteiger charge is -2.22. The highest BCUT2D eigenvalue weighted by molar-refractivity contribution is 6.05. The molecule has 6 N–H and O–H groups in total. The Morgan fingerprint density at radius 1 is 1.16 bits per heavy atom. The van der Waals surface area contributed by atoms with Crippen LogP contribution in [0.15, 0.2) is 59.2 Å². The molecule has 5 rings (SSSR count). The minimum absolute atomic E-state index is 0.0149. The van der Waals surface area contributed by atoms with Gasteiger partial charge in [0.15, 0.2) is 0 Å². The molecule has 0 radical (unpaired) electrons. The maximum Gasteiger partial charge on any atom is 0.273 e. The normalized spacial score (nSPS) is 16.1. The van der Waals surface area contributed by atoms with Gasteiger partial charge in [0.25, 0.3) is 11.8 Å². The topological polar surface area (TPSA) is 152 Å². The molecule has 2 aromatic carbocycles. The Balaban J connectivity index is 1.30. The van der Waals surface area contributed by atoms with Crippen LogP contribution in [-0.4, -0.2) is 45.5 Å². The van der Waals surface area contributed by atoms with Gasteiger partial charge in [0, 0.05) is 53.5 Å². The van der Waals surface area contributed by atoms with Crippen LogP contribution in [0.3, 0.4) is 0 Å². The van der Waals surface area contributed by atoms with Crippen LogP contribution >= 0.6 is 0 Å². The number of benzene rings is 2. The lowest BCUT2D eigenvalue weighted by Crippen LogP contribution is -2.35. The second-order valence-corrected chi connectivity index (χ2v) is 9.60. The van der Waals surface area contributed by atoms with Crippen molar-refractivity contribution in [1.29, 1.82) is 0 Å². The third kappa shape index (κ3) is 5.60. The molecule has 1 aliphatic carbocycles. The maximum absolute atomic E-state index is 13.4. The van der Waals surface area contributed by atoms with Gasteiger partial charge in [0.05, 0.1) is 11.9 Å². The first kappa shape index (κ1) is 25.2. The van der Waals surface area contributed by atoms with Gasteiger partial charge in [0.1, 0.15) is 12.4 Å². The van der Waals surface area contributed by atoms with E-state index in [0.717, 1.165) is 36.1 Å². The van der Waals surface area contributed by atoms with Crippen molar-refractivity contribution in [2.24, 2.45) is 10.7 Å². The zero-order valence-corrected chi connectivity index (χ0v) is 21.2. The number of hydrogen-bond acceptors (Lipinski definition) is 7. The van der Waals surface area contributed by atoms with Crippen LogP contribution < -0.4 is 16.8 Å². The van der Waals surface area contributed by atoms with Crippen LogP contribution in [0.5, 0.6) is 0 Å². The van der Waals surface area contributed by atoms with E-state index in [1.807, 2.05) is 19.1 Å². The van der Waals surface area contributed by atoms with Crippen molar-refractivity contribution < 1.29 is 14.4 Å². The summed E-state index contributed by atoms with van der Waals surface area (Å²) >= 11 is 0. The number of aliphatic imine (C=N–C) groups is 1. The average Bonchev–Trinajstić information content (AvgIpc) is 3.44. The van der Waals surface area contributed by atoms with Crippen molar-refractivity contribution in [3.8, 4) is 0 Å². The third-order valence-corrected chi connectivity index (χ3v) is 6.61. The van der Waals surface area contributed by atoms with Crippen molar-refractivity contribution >= 4 is 35.1 Å². The van der Waals surface area contributed by atoms with E-state index in [0.29, 0.717) is 34.6 Å². The van der Waals surface area contributed by atoms with Gasteiger partial charge in [-0.1, -0.05) is 25.1 Å². The first-order valence-corrected chi connectivity index (χ1v) is 12.7. The Morgan fingerprint density at radius 2 is 1.97 bits per heavy atom. The van der Waals surface area contributed by atoms with Gasteiger partial charge in [-0.05, 0) is 54.3 Å².